The number of ether oxygens (including phenoxy) is 1. The molecule has 3 heterocycles. The quantitative estimate of drug-likeness (QED) is 0.753. The van der Waals surface area contributed by atoms with Crippen LogP contribution in [0.1, 0.15) is 42.1 Å². The van der Waals surface area contributed by atoms with Gasteiger partial charge in [0, 0.05) is 37.8 Å². The summed E-state index contributed by atoms with van der Waals surface area (Å²) in [6.07, 6.45) is 5.35. The first kappa shape index (κ1) is 18.9. The molecular formula is C21H24N4O5. The number of rotatable bonds is 5. The van der Waals surface area contributed by atoms with Crippen molar-refractivity contribution in [2.45, 2.75) is 37.8 Å². The van der Waals surface area contributed by atoms with Gasteiger partial charge in [0.1, 0.15) is 5.56 Å². The van der Waals surface area contributed by atoms with Crippen molar-refractivity contribution >= 4 is 22.6 Å². The summed E-state index contributed by atoms with van der Waals surface area (Å²) in [6.45, 7) is 2.14. The van der Waals surface area contributed by atoms with Crippen molar-refractivity contribution in [3.8, 4) is 5.75 Å². The SMILES string of the molecule is COc1c(N2C[C@@H]3CCCN(N=O)[C@@H]3C2)ccc2c(=O)c(C(=O)O)cn(C3CC3)c12. The van der Waals surface area contributed by atoms with Crippen molar-refractivity contribution in [3.05, 3.63) is 39.0 Å². The highest BCUT2D eigenvalue weighted by Gasteiger charge is 2.41. The lowest BCUT2D eigenvalue weighted by molar-refractivity contribution is 0.0695. The van der Waals surface area contributed by atoms with Crippen LogP contribution in [-0.2, 0) is 0 Å². The van der Waals surface area contributed by atoms with E-state index in [2.05, 4.69) is 10.2 Å². The van der Waals surface area contributed by atoms with Gasteiger partial charge in [-0.3, -0.25) is 9.80 Å². The molecule has 1 aromatic heterocycles. The third-order valence-corrected chi connectivity index (χ3v) is 6.70. The summed E-state index contributed by atoms with van der Waals surface area (Å²) >= 11 is 0. The maximum atomic E-state index is 12.8. The van der Waals surface area contributed by atoms with Crippen LogP contribution in [0.2, 0.25) is 0 Å². The predicted octanol–water partition coefficient (Wildman–Crippen LogP) is 2.63. The van der Waals surface area contributed by atoms with Crippen molar-refractivity contribution < 1.29 is 14.6 Å². The van der Waals surface area contributed by atoms with E-state index in [0.29, 0.717) is 35.7 Å². The third-order valence-electron chi connectivity index (χ3n) is 6.70. The second kappa shape index (κ2) is 7.00. The first-order chi connectivity index (χ1) is 14.5. The van der Waals surface area contributed by atoms with Crippen LogP contribution in [-0.4, -0.2) is 53.4 Å². The summed E-state index contributed by atoms with van der Waals surface area (Å²) in [7, 11) is 1.58. The Kier molecular flexibility index (Phi) is 4.41. The van der Waals surface area contributed by atoms with Crippen molar-refractivity contribution in [1.82, 2.24) is 9.58 Å². The molecule has 0 unspecified atom stereocenters. The number of anilines is 1. The average molecular weight is 412 g/mol. The molecule has 158 valence electrons. The molecule has 2 saturated heterocycles. The fraction of sp³-hybridized carbons (Fsp3) is 0.524. The van der Waals surface area contributed by atoms with Gasteiger partial charge in [0.25, 0.3) is 0 Å². The fourth-order valence-electron chi connectivity index (χ4n) is 5.11. The highest BCUT2D eigenvalue weighted by molar-refractivity contribution is 5.97. The maximum Gasteiger partial charge on any atom is 0.341 e. The van der Waals surface area contributed by atoms with Crippen LogP contribution in [0.3, 0.4) is 0 Å². The van der Waals surface area contributed by atoms with E-state index in [4.69, 9.17) is 4.74 Å². The zero-order valence-electron chi connectivity index (χ0n) is 16.8. The van der Waals surface area contributed by atoms with Gasteiger partial charge in [-0.05, 0) is 37.8 Å². The smallest absolute Gasteiger partial charge is 0.341 e. The van der Waals surface area contributed by atoms with Gasteiger partial charge >= 0.3 is 5.97 Å². The van der Waals surface area contributed by atoms with E-state index in [9.17, 15) is 19.6 Å². The highest BCUT2D eigenvalue weighted by Crippen LogP contribution is 2.44. The predicted molar refractivity (Wildman–Crippen MR) is 111 cm³/mol. The second-order valence-corrected chi connectivity index (χ2v) is 8.45. The zero-order chi connectivity index (χ0) is 21.0. The van der Waals surface area contributed by atoms with Crippen LogP contribution in [0.25, 0.3) is 10.9 Å². The van der Waals surface area contributed by atoms with Gasteiger partial charge in [0.2, 0.25) is 5.43 Å². The molecule has 5 rings (SSSR count). The van der Waals surface area contributed by atoms with Crippen molar-refractivity contribution in [2.24, 2.45) is 11.2 Å². The number of carboxylic acid groups (broad SMARTS) is 1. The Morgan fingerprint density at radius 2 is 2.03 bits per heavy atom. The maximum absolute atomic E-state index is 12.8. The molecule has 9 heteroatoms. The van der Waals surface area contributed by atoms with Crippen molar-refractivity contribution in [1.29, 1.82) is 0 Å². The summed E-state index contributed by atoms with van der Waals surface area (Å²) in [5.41, 5.74) is 0.796. The van der Waals surface area contributed by atoms with E-state index in [1.54, 1.807) is 18.2 Å². The van der Waals surface area contributed by atoms with Gasteiger partial charge in [-0.25, -0.2) is 4.79 Å². The van der Waals surface area contributed by atoms with Gasteiger partial charge in [-0.2, -0.15) is 0 Å². The molecule has 1 aliphatic carbocycles. The Bertz CT molecular complexity index is 1090. The number of methoxy groups -OCH3 is 1. The van der Waals surface area contributed by atoms with Crippen LogP contribution < -0.4 is 15.1 Å². The number of nitrogens with zero attached hydrogens (tertiary/aromatic N) is 4. The van der Waals surface area contributed by atoms with Gasteiger partial charge in [-0.1, -0.05) is 0 Å². The topological polar surface area (TPSA) is 104 Å². The fourth-order valence-corrected chi connectivity index (χ4v) is 5.11. The average Bonchev–Trinajstić information content (AvgIpc) is 3.50. The summed E-state index contributed by atoms with van der Waals surface area (Å²) in [5.74, 6) is -0.279. The third kappa shape index (κ3) is 2.83. The number of hydrogen-bond donors (Lipinski definition) is 1. The lowest BCUT2D eigenvalue weighted by atomic mass is 9.93. The largest absolute Gasteiger partial charge is 0.492 e. The zero-order valence-corrected chi connectivity index (χ0v) is 16.8. The molecule has 1 N–H and O–H groups in total. The van der Waals surface area contributed by atoms with E-state index in [1.807, 2.05) is 10.6 Å². The molecule has 30 heavy (non-hydrogen) atoms. The number of pyridine rings is 1. The van der Waals surface area contributed by atoms with Crippen LogP contribution in [0.15, 0.2) is 28.4 Å². The molecule has 0 amide bonds. The Morgan fingerprint density at radius 1 is 1.23 bits per heavy atom. The number of aromatic nitrogens is 1. The van der Waals surface area contributed by atoms with Crippen molar-refractivity contribution in [3.63, 3.8) is 0 Å². The molecule has 2 aliphatic heterocycles. The first-order valence-electron chi connectivity index (χ1n) is 10.4. The molecule has 9 nitrogen and oxygen atoms in total. The van der Waals surface area contributed by atoms with Crippen molar-refractivity contribution in [2.75, 3.05) is 31.6 Å². The standard InChI is InChI=1S/C21H24N4O5/c1-30-20-16(23-9-12-3-2-8-25(22-29)17(12)11-23)7-6-14-18(20)24(13-4-5-13)10-15(19(14)26)21(27)28/h6-7,10,12-13,17H,2-5,8-9,11H2,1H3,(H,27,28)/t12-,17+/m0/s1. The number of fused-ring (bicyclic) bond motifs is 2. The number of piperidine rings is 1. The Hall–Kier alpha value is -3.10. The number of carboxylic acids is 1. The minimum Gasteiger partial charge on any atom is -0.492 e. The molecular weight excluding hydrogens is 388 g/mol. The van der Waals surface area contributed by atoms with E-state index >= 15 is 0 Å². The Balaban J connectivity index is 1.65. The number of benzene rings is 1. The molecule has 1 saturated carbocycles. The van der Waals surface area contributed by atoms with Crippen LogP contribution in [0.4, 0.5) is 5.69 Å². The lowest BCUT2D eigenvalue weighted by Crippen LogP contribution is -2.41. The molecule has 3 fully saturated rings. The van der Waals surface area contributed by atoms with E-state index in [-0.39, 0.29) is 17.6 Å². The second-order valence-electron chi connectivity index (χ2n) is 8.45. The molecule has 2 aromatic rings. The molecule has 1 aromatic carbocycles. The Morgan fingerprint density at radius 3 is 2.70 bits per heavy atom. The minimum atomic E-state index is -1.22. The summed E-state index contributed by atoms with van der Waals surface area (Å²) < 4.78 is 7.70. The minimum absolute atomic E-state index is 0.0802. The normalized spacial score (nSPS) is 23.5. The lowest BCUT2D eigenvalue weighted by Gasteiger charge is -2.31. The molecule has 2 atom stereocenters. The summed E-state index contributed by atoms with van der Waals surface area (Å²) in [4.78, 5) is 37.9. The van der Waals surface area contributed by atoms with Crippen LogP contribution >= 0.6 is 0 Å². The molecule has 0 bridgehead atoms. The summed E-state index contributed by atoms with van der Waals surface area (Å²) in [6, 6.07) is 3.79. The van der Waals surface area contributed by atoms with Gasteiger partial charge in [0.05, 0.1) is 35.0 Å². The number of hydrogen-bond acceptors (Lipinski definition) is 6. The van der Waals surface area contributed by atoms with Crippen LogP contribution in [0, 0.1) is 10.8 Å². The number of aromatic carboxylic acids is 1. The monoisotopic (exact) mass is 412 g/mol. The molecule has 0 spiro atoms. The number of carbonyl (C=O) groups is 1. The first-order valence-corrected chi connectivity index (χ1v) is 10.4. The van der Waals surface area contributed by atoms with E-state index in [1.165, 1.54) is 6.20 Å². The van der Waals surface area contributed by atoms with Gasteiger partial charge in [0.15, 0.2) is 5.75 Å². The molecule has 3 aliphatic rings. The van der Waals surface area contributed by atoms with Crippen LogP contribution in [0.5, 0.6) is 5.75 Å². The molecule has 0 radical (unpaired) electrons. The van der Waals surface area contributed by atoms with E-state index in [0.717, 1.165) is 37.9 Å². The van der Waals surface area contributed by atoms with Gasteiger partial charge in [-0.15, -0.1) is 4.91 Å². The summed E-state index contributed by atoms with van der Waals surface area (Å²) in [5, 5.41) is 14.7. The Labute approximate surface area is 172 Å². The van der Waals surface area contributed by atoms with E-state index < -0.39 is 11.4 Å². The highest BCUT2D eigenvalue weighted by atomic mass is 16.5. The number of nitroso groups, excluding NO2 is 1. The van der Waals surface area contributed by atoms with Gasteiger partial charge < -0.3 is 19.3 Å².